The molecule has 0 saturated carbocycles. The number of amides is 1. The lowest BCUT2D eigenvalue weighted by molar-refractivity contribution is -0.135. The van der Waals surface area contributed by atoms with Crippen LogP contribution in [0.15, 0.2) is 66.8 Å². The average Bonchev–Trinajstić information content (AvgIpc) is 2.81. The Kier molecular flexibility index (Phi) is 6.31. The summed E-state index contributed by atoms with van der Waals surface area (Å²) in [5, 5.41) is 3.87. The summed E-state index contributed by atoms with van der Waals surface area (Å²) in [5.74, 6) is 0.341. The van der Waals surface area contributed by atoms with E-state index in [2.05, 4.69) is 60.1 Å². The number of nitrogens with one attached hydrogen (secondary N) is 1. The number of piperidine rings is 1. The minimum absolute atomic E-state index is 0.0905. The molecule has 1 saturated heterocycles. The molecule has 0 aromatic heterocycles. The Hall–Kier alpha value is -3.15. The molecule has 1 aromatic rings. The van der Waals surface area contributed by atoms with E-state index >= 15 is 0 Å². The first-order valence-electron chi connectivity index (χ1n) is 11.2. The number of ether oxygens (including phenoxy) is 2. The van der Waals surface area contributed by atoms with Gasteiger partial charge in [0.05, 0.1) is 49.1 Å². The van der Waals surface area contributed by atoms with Crippen LogP contribution in [0.3, 0.4) is 0 Å². The maximum atomic E-state index is 13.3. The highest BCUT2D eigenvalue weighted by molar-refractivity contribution is 5.82. The van der Waals surface area contributed by atoms with Crippen molar-refractivity contribution in [3.63, 3.8) is 0 Å². The van der Waals surface area contributed by atoms with Gasteiger partial charge in [-0.15, -0.1) is 0 Å². The van der Waals surface area contributed by atoms with Crippen LogP contribution in [0.5, 0.6) is 0 Å². The SMILES string of the molecule is C=C(CC(/C=C/OC)C(=O)N1CCC2(CC1)Nc1cc(C)ccc1N1CC=CC=C12)OC. The lowest BCUT2D eigenvalue weighted by Crippen LogP contribution is -2.58. The van der Waals surface area contributed by atoms with Crippen molar-refractivity contribution in [2.45, 2.75) is 31.7 Å². The predicted molar refractivity (Wildman–Crippen MR) is 128 cm³/mol. The van der Waals surface area contributed by atoms with Crippen LogP contribution in [0.1, 0.15) is 24.8 Å². The van der Waals surface area contributed by atoms with E-state index in [1.807, 2.05) is 4.90 Å². The molecule has 0 radical (unpaired) electrons. The molecule has 3 aliphatic rings. The van der Waals surface area contributed by atoms with E-state index in [1.165, 1.54) is 22.6 Å². The molecule has 6 heteroatoms. The topological polar surface area (TPSA) is 54.0 Å². The van der Waals surface area contributed by atoms with Gasteiger partial charge < -0.3 is 24.6 Å². The highest BCUT2D eigenvalue weighted by Gasteiger charge is 2.45. The number of hydrogen-bond donors (Lipinski definition) is 1. The summed E-state index contributed by atoms with van der Waals surface area (Å²) in [7, 11) is 3.17. The van der Waals surface area contributed by atoms with Gasteiger partial charge in [0, 0.05) is 31.8 Å². The van der Waals surface area contributed by atoms with Gasteiger partial charge in [-0.2, -0.15) is 0 Å². The second-order valence-electron chi connectivity index (χ2n) is 8.76. The molecular formula is C26H33N3O3. The van der Waals surface area contributed by atoms with Crippen LogP contribution in [0.25, 0.3) is 0 Å². The number of rotatable bonds is 6. The Morgan fingerprint density at radius 2 is 2.09 bits per heavy atom. The molecule has 3 aliphatic heterocycles. The number of likely N-dealkylation sites (tertiary alicyclic amines) is 1. The molecule has 1 fully saturated rings. The summed E-state index contributed by atoms with van der Waals surface area (Å²) in [4.78, 5) is 17.7. The molecule has 1 aromatic carbocycles. The molecule has 1 atom stereocenters. The Labute approximate surface area is 190 Å². The van der Waals surface area contributed by atoms with Gasteiger partial charge in [-0.05, 0) is 49.6 Å². The molecule has 3 heterocycles. The monoisotopic (exact) mass is 435 g/mol. The van der Waals surface area contributed by atoms with Crippen LogP contribution in [0.2, 0.25) is 0 Å². The number of carbonyl (C=O) groups excluding carboxylic acids is 1. The first kappa shape index (κ1) is 22.1. The average molecular weight is 436 g/mol. The zero-order valence-corrected chi connectivity index (χ0v) is 19.3. The van der Waals surface area contributed by atoms with Gasteiger partial charge in [0.15, 0.2) is 0 Å². The van der Waals surface area contributed by atoms with Crippen LogP contribution in [0.4, 0.5) is 11.4 Å². The molecule has 32 heavy (non-hydrogen) atoms. The highest BCUT2D eigenvalue weighted by Crippen LogP contribution is 2.46. The first-order valence-corrected chi connectivity index (χ1v) is 11.2. The molecular weight excluding hydrogens is 402 g/mol. The third-order valence-corrected chi connectivity index (χ3v) is 6.71. The fourth-order valence-electron chi connectivity index (χ4n) is 4.93. The van der Waals surface area contributed by atoms with E-state index in [-0.39, 0.29) is 17.4 Å². The molecule has 1 N–H and O–H groups in total. The molecule has 6 nitrogen and oxygen atoms in total. The van der Waals surface area contributed by atoms with Crippen molar-refractivity contribution < 1.29 is 14.3 Å². The van der Waals surface area contributed by atoms with E-state index in [9.17, 15) is 4.79 Å². The summed E-state index contributed by atoms with van der Waals surface area (Å²) < 4.78 is 10.3. The van der Waals surface area contributed by atoms with Crippen molar-refractivity contribution in [1.29, 1.82) is 0 Å². The second kappa shape index (κ2) is 9.15. The number of methoxy groups -OCH3 is 2. The summed E-state index contributed by atoms with van der Waals surface area (Å²) in [6.45, 7) is 8.28. The number of nitrogens with zero attached hydrogens (tertiary/aromatic N) is 2. The molecule has 1 unspecified atom stereocenters. The summed E-state index contributed by atoms with van der Waals surface area (Å²) in [6, 6.07) is 6.59. The number of allylic oxidation sites excluding steroid dienone is 3. The smallest absolute Gasteiger partial charge is 0.230 e. The quantitative estimate of drug-likeness (QED) is 0.673. The van der Waals surface area contributed by atoms with Crippen molar-refractivity contribution in [3.05, 3.63) is 72.4 Å². The number of fused-ring (bicyclic) bond motifs is 4. The van der Waals surface area contributed by atoms with Crippen LogP contribution in [-0.2, 0) is 14.3 Å². The molecule has 170 valence electrons. The van der Waals surface area contributed by atoms with Crippen LogP contribution in [0, 0.1) is 12.8 Å². The van der Waals surface area contributed by atoms with Crippen molar-refractivity contribution in [3.8, 4) is 0 Å². The van der Waals surface area contributed by atoms with Crippen molar-refractivity contribution in [2.75, 3.05) is 44.1 Å². The van der Waals surface area contributed by atoms with E-state index in [0.29, 0.717) is 25.3 Å². The first-order chi connectivity index (χ1) is 15.5. The Bertz CT molecular complexity index is 971. The summed E-state index contributed by atoms with van der Waals surface area (Å²) in [6.07, 6.45) is 12.1. The number of anilines is 2. The number of carbonyl (C=O) groups is 1. The Morgan fingerprint density at radius 1 is 1.31 bits per heavy atom. The minimum Gasteiger partial charge on any atom is -0.505 e. The second-order valence-corrected chi connectivity index (χ2v) is 8.76. The normalized spacial score (nSPS) is 19.7. The predicted octanol–water partition coefficient (Wildman–Crippen LogP) is 4.37. The van der Waals surface area contributed by atoms with E-state index in [4.69, 9.17) is 9.47 Å². The van der Waals surface area contributed by atoms with Gasteiger partial charge in [0.1, 0.15) is 0 Å². The van der Waals surface area contributed by atoms with Gasteiger partial charge in [0.2, 0.25) is 5.91 Å². The van der Waals surface area contributed by atoms with Gasteiger partial charge in [0.25, 0.3) is 0 Å². The molecule has 0 bridgehead atoms. The zero-order chi connectivity index (χ0) is 22.7. The van der Waals surface area contributed by atoms with Crippen LogP contribution < -0.4 is 10.2 Å². The summed E-state index contributed by atoms with van der Waals surface area (Å²) >= 11 is 0. The number of aryl methyl sites for hydroxylation is 1. The third-order valence-electron chi connectivity index (χ3n) is 6.71. The van der Waals surface area contributed by atoms with Crippen molar-refractivity contribution in [1.82, 2.24) is 4.90 Å². The van der Waals surface area contributed by atoms with E-state index in [1.54, 1.807) is 26.6 Å². The van der Waals surface area contributed by atoms with Crippen molar-refractivity contribution >= 4 is 17.3 Å². The van der Waals surface area contributed by atoms with Gasteiger partial charge in [-0.25, -0.2) is 0 Å². The fourth-order valence-corrected chi connectivity index (χ4v) is 4.93. The lowest BCUT2D eigenvalue weighted by atomic mass is 9.79. The maximum absolute atomic E-state index is 13.3. The largest absolute Gasteiger partial charge is 0.505 e. The van der Waals surface area contributed by atoms with E-state index in [0.717, 1.165) is 19.4 Å². The standard InChI is InChI=1S/C26H33N3O3/c1-19-8-9-23-22(17-19)27-26(24-7-5-6-13-29(23)24)11-14-28(15-12-26)25(30)21(10-16-31-3)18-20(2)32-4/h5-10,16-17,21,27H,2,11-15,18H2,1,3-4H3/b16-10+. The third kappa shape index (κ3) is 4.14. The zero-order valence-electron chi connectivity index (χ0n) is 19.3. The van der Waals surface area contributed by atoms with Crippen LogP contribution in [-0.4, -0.2) is 50.2 Å². The van der Waals surface area contributed by atoms with Gasteiger partial charge in [-0.3, -0.25) is 4.79 Å². The fraction of sp³-hybridized carbons (Fsp3) is 0.423. The van der Waals surface area contributed by atoms with Crippen molar-refractivity contribution in [2.24, 2.45) is 5.92 Å². The Morgan fingerprint density at radius 3 is 2.81 bits per heavy atom. The summed E-state index contributed by atoms with van der Waals surface area (Å²) in [5.41, 5.74) is 4.76. The maximum Gasteiger partial charge on any atom is 0.230 e. The molecule has 1 amide bonds. The molecule has 0 aliphatic carbocycles. The lowest BCUT2D eigenvalue weighted by Gasteiger charge is -2.52. The number of benzene rings is 1. The Balaban J connectivity index is 1.54. The van der Waals surface area contributed by atoms with Gasteiger partial charge >= 0.3 is 0 Å². The van der Waals surface area contributed by atoms with Crippen LogP contribution >= 0.6 is 0 Å². The van der Waals surface area contributed by atoms with E-state index < -0.39 is 0 Å². The van der Waals surface area contributed by atoms with Gasteiger partial charge in [-0.1, -0.05) is 24.8 Å². The molecule has 4 rings (SSSR count). The number of hydrogen-bond acceptors (Lipinski definition) is 5. The molecule has 1 spiro atoms. The minimum atomic E-state index is -0.340. The highest BCUT2D eigenvalue weighted by atomic mass is 16.5.